The lowest BCUT2D eigenvalue weighted by atomic mass is 9.97. The summed E-state index contributed by atoms with van der Waals surface area (Å²) >= 11 is 1.30. The molecule has 0 unspecified atom stereocenters. The SMILES string of the molecule is COc1ccc(-n2c(SCC(=O)N/N=C/c3c4ccccc4cc4ccccc34)nnc2-c2ccc(C)cc2)cc1. The molecule has 1 aromatic heterocycles. The minimum Gasteiger partial charge on any atom is -0.497 e. The Morgan fingerprint density at radius 2 is 1.56 bits per heavy atom. The number of rotatable bonds is 8. The van der Waals surface area contributed by atoms with E-state index in [9.17, 15) is 4.79 Å². The molecule has 1 N–H and O–H groups in total. The zero-order valence-electron chi connectivity index (χ0n) is 22.6. The van der Waals surface area contributed by atoms with Crippen LogP contribution in [0.2, 0.25) is 0 Å². The average molecular weight is 558 g/mol. The molecule has 0 bridgehead atoms. The standard InChI is InChI=1S/C33H27N5O2S/c1-22-11-13-23(14-12-22)32-36-37-33(38(32)26-15-17-27(40-2)18-16-26)41-21-31(39)35-34-20-30-28-9-5-3-7-24(28)19-25-8-4-6-10-29(25)30/h3-20H,21H2,1-2H3,(H,35,39)/b34-20+. The number of benzene rings is 5. The Balaban J connectivity index is 1.23. The molecule has 202 valence electrons. The summed E-state index contributed by atoms with van der Waals surface area (Å²) in [7, 11) is 1.64. The highest BCUT2D eigenvalue weighted by Gasteiger charge is 2.17. The number of ether oxygens (including phenoxy) is 1. The fourth-order valence-electron chi connectivity index (χ4n) is 4.74. The summed E-state index contributed by atoms with van der Waals surface area (Å²) in [6.07, 6.45) is 1.72. The predicted octanol–water partition coefficient (Wildman–Crippen LogP) is 6.80. The molecule has 0 aliphatic carbocycles. The number of thioether (sulfide) groups is 1. The number of carbonyl (C=O) groups is 1. The Morgan fingerprint density at radius 1 is 0.902 bits per heavy atom. The van der Waals surface area contributed by atoms with Crippen LogP contribution in [0.25, 0.3) is 38.6 Å². The highest BCUT2D eigenvalue weighted by atomic mass is 32.2. The molecular formula is C33H27N5O2S. The third kappa shape index (κ3) is 5.55. The smallest absolute Gasteiger partial charge is 0.250 e. The van der Waals surface area contributed by atoms with Crippen molar-refractivity contribution in [2.24, 2.45) is 5.10 Å². The van der Waals surface area contributed by atoms with Gasteiger partial charge in [-0.05, 0) is 58.8 Å². The van der Waals surface area contributed by atoms with Gasteiger partial charge in [-0.25, -0.2) is 5.43 Å². The van der Waals surface area contributed by atoms with Crippen LogP contribution in [0.4, 0.5) is 0 Å². The molecule has 0 radical (unpaired) electrons. The van der Waals surface area contributed by atoms with Gasteiger partial charge in [0.2, 0.25) is 0 Å². The van der Waals surface area contributed by atoms with Gasteiger partial charge < -0.3 is 4.74 Å². The van der Waals surface area contributed by atoms with Crippen molar-refractivity contribution in [3.8, 4) is 22.8 Å². The molecule has 41 heavy (non-hydrogen) atoms. The van der Waals surface area contributed by atoms with E-state index in [2.05, 4.69) is 51.1 Å². The number of carbonyl (C=O) groups excluding carboxylic acids is 1. The maximum Gasteiger partial charge on any atom is 0.250 e. The molecule has 0 fully saturated rings. The number of amides is 1. The Bertz CT molecular complexity index is 1830. The molecule has 0 saturated carbocycles. The van der Waals surface area contributed by atoms with E-state index in [4.69, 9.17) is 4.74 Å². The molecule has 6 aromatic rings. The monoisotopic (exact) mass is 557 g/mol. The number of hydrazone groups is 1. The predicted molar refractivity (Wildman–Crippen MR) is 166 cm³/mol. The van der Waals surface area contributed by atoms with E-state index in [0.29, 0.717) is 11.0 Å². The molecule has 6 rings (SSSR count). The average Bonchev–Trinajstić information content (AvgIpc) is 3.44. The van der Waals surface area contributed by atoms with Crippen LogP contribution >= 0.6 is 11.8 Å². The molecule has 0 atom stereocenters. The highest BCUT2D eigenvalue weighted by molar-refractivity contribution is 7.99. The van der Waals surface area contributed by atoms with E-state index in [1.807, 2.05) is 84.3 Å². The van der Waals surface area contributed by atoms with Gasteiger partial charge in [0, 0.05) is 16.8 Å². The number of hydrogen-bond acceptors (Lipinski definition) is 6. The Kier molecular flexibility index (Phi) is 7.47. The number of fused-ring (bicyclic) bond motifs is 2. The summed E-state index contributed by atoms with van der Waals surface area (Å²) in [4.78, 5) is 12.9. The number of aromatic nitrogens is 3. The summed E-state index contributed by atoms with van der Waals surface area (Å²) in [5.41, 5.74) is 6.61. The Labute approximate surface area is 241 Å². The first-order valence-corrected chi connectivity index (χ1v) is 14.1. The van der Waals surface area contributed by atoms with Crippen molar-refractivity contribution in [2.75, 3.05) is 12.9 Å². The van der Waals surface area contributed by atoms with Crippen LogP contribution in [0, 0.1) is 6.92 Å². The molecule has 0 aliphatic rings. The van der Waals surface area contributed by atoms with Crippen LogP contribution < -0.4 is 10.2 Å². The van der Waals surface area contributed by atoms with Gasteiger partial charge in [-0.3, -0.25) is 9.36 Å². The van der Waals surface area contributed by atoms with Gasteiger partial charge in [0.15, 0.2) is 11.0 Å². The van der Waals surface area contributed by atoms with Crippen molar-refractivity contribution in [1.82, 2.24) is 20.2 Å². The van der Waals surface area contributed by atoms with Crippen LogP contribution in [0.5, 0.6) is 5.75 Å². The van der Waals surface area contributed by atoms with E-state index >= 15 is 0 Å². The number of nitrogens with one attached hydrogen (secondary N) is 1. The van der Waals surface area contributed by atoms with Gasteiger partial charge in [-0.15, -0.1) is 10.2 Å². The van der Waals surface area contributed by atoms with Gasteiger partial charge in [0.05, 0.1) is 19.1 Å². The van der Waals surface area contributed by atoms with E-state index in [1.165, 1.54) is 11.8 Å². The van der Waals surface area contributed by atoms with Crippen molar-refractivity contribution in [1.29, 1.82) is 0 Å². The third-order valence-corrected chi connectivity index (χ3v) is 7.73. The molecule has 7 nitrogen and oxygen atoms in total. The van der Waals surface area contributed by atoms with Crippen molar-refractivity contribution in [3.05, 3.63) is 114 Å². The van der Waals surface area contributed by atoms with Gasteiger partial charge in [-0.2, -0.15) is 5.10 Å². The normalized spacial score (nSPS) is 11.4. The molecule has 0 aliphatic heterocycles. The van der Waals surface area contributed by atoms with Crippen molar-refractivity contribution in [3.63, 3.8) is 0 Å². The molecule has 8 heteroatoms. The van der Waals surface area contributed by atoms with E-state index in [0.717, 1.165) is 49.7 Å². The van der Waals surface area contributed by atoms with Gasteiger partial charge in [0.25, 0.3) is 5.91 Å². The van der Waals surface area contributed by atoms with Crippen LogP contribution in [0.1, 0.15) is 11.1 Å². The fourth-order valence-corrected chi connectivity index (χ4v) is 5.48. The lowest BCUT2D eigenvalue weighted by Gasteiger charge is -2.11. The second-order valence-corrected chi connectivity index (χ2v) is 10.5. The zero-order chi connectivity index (χ0) is 28.2. The molecular weight excluding hydrogens is 530 g/mol. The summed E-state index contributed by atoms with van der Waals surface area (Å²) < 4.78 is 7.28. The third-order valence-electron chi connectivity index (χ3n) is 6.80. The van der Waals surface area contributed by atoms with Crippen LogP contribution in [0.3, 0.4) is 0 Å². The van der Waals surface area contributed by atoms with E-state index in [1.54, 1.807) is 13.3 Å². The lowest BCUT2D eigenvalue weighted by molar-refractivity contribution is -0.118. The van der Waals surface area contributed by atoms with Gasteiger partial charge in [0.1, 0.15) is 5.75 Å². The second kappa shape index (κ2) is 11.7. The van der Waals surface area contributed by atoms with E-state index < -0.39 is 0 Å². The number of hydrogen-bond donors (Lipinski definition) is 1. The molecule has 0 spiro atoms. The minimum atomic E-state index is -0.239. The number of nitrogens with zero attached hydrogens (tertiary/aromatic N) is 4. The number of methoxy groups -OCH3 is 1. The second-order valence-electron chi connectivity index (χ2n) is 9.52. The van der Waals surface area contributed by atoms with E-state index in [-0.39, 0.29) is 11.7 Å². The van der Waals surface area contributed by atoms with Gasteiger partial charge in [-0.1, -0.05) is 90.1 Å². The summed E-state index contributed by atoms with van der Waals surface area (Å²) in [5, 5.41) is 18.2. The highest BCUT2D eigenvalue weighted by Crippen LogP contribution is 2.30. The van der Waals surface area contributed by atoms with Crippen molar-refractivity contribution < 1.29 is 9.53 Å². The molecule has 1 heterocycles. The van der Waals surface area contributed by atoms with Crippen LogP contribution in [0.15, 0.2) is 113 Å². The minimum absolute atomic E-state index is 0.121. The zero-order valence-corrected chi connectivity index (χ0v) is 23.4. The molecule has 0 saturated heterocycles. The lowest BCUT2D eigenvalue weighted by Crippen LogP contribution is -2.20. The maximum atomic E-state index is 12.9. The first-order chi connectivity index (χ1) is 20.1. The van der Waals surface area contributed by atoms with Crippen LogP contribution in [-0.4, -0.2) is 39.7 Å². The largest absolute Gasteiger partial charge is 0.497 e. The first kappa shape index (κ1) is 26.3. The molecule has 1 amide bonds. The summed E-state index contributed by atoms with van der Waals surface area (Å²) in [5.74, 6) is 1.33. The Hall–Kier alpha value is -4.95. The maximum absolute atomic E-state index is 12.9. The first-order valence-electron chi connectivity index (χ1n) is 13.1. The number of aryl methyl sites for hydroxylation is 1. The van der Waals surface area contributed by atoms with Crippen molar-refractivity contribution in [2.45, 2.75) is 12.1 Å². The summed E-state index contributed by atoms with van der Waals surface area (Å²) in [6.45, 7) is 2.04. The Morgan fingerprint density at radius 3 is 2.22 bits per heavy atom. The topological polar surface area (TPSA) is 81.4 Å². The van der Waals surface area contributed by atoms with Crippen LogP contribution in [-0.2, 0) is 4.79 Å². The summed E-state index contributed by atoms with van der Waals surface area (Å²) in [6, 6.07) is 34.3. The van der Waals surface area contributed by atoms with Gasteiger partial charge >= 0.3 is 0 Å². The fraction of sp³-hybridized carbons (Fsp3) is 0.0909. The quantitative estimate of drug-likeness (QED) is 0.0963. The molecule has 5 aromatic carbocycles. The van der Waals surface area contributed by atoms with Crippen molar-refractivity contribution >= 4 is 45.4 Å².